The predicted molar refractivity (Wildman–Crippen MR) is 123 cm³/mol. The van der Waals surface area contributed by atoms with E-state index in [2.05, 4.69) is 20.1 Å². The SMILES string of the molecule is Nc1nc(-n2nc(Cc3c(F)ccc(F)c3F)c3cc(F)ccc32)nc(N)c1-c1cncc(C(F)(F)F)c1. The van der Waals surface area contributed by atoms with E-state index in [0.717, 1.165) is 35.1 Å². The molecule has 2 aromatic carbocycles. The Kier molecular flexibility index (Phi) is 5.88. The van der Waals surface area contributed by atoms with E-state index in [9.17, 15) is 30.7 Å². The number of hydrogen-bond acceptors (Lipinski definition) is 6. The quantitative estimate of drug-likeness (QED) is 0.243. The third-order valence-electron chi connectivity index (χ3n) is 5.70. The second-order valence-electron chi connectivity index (χ2n) is 8.15. The van der Waals surface area contributed by atoms with Gasteiger partial charge in [0, 0.05) is 35.3 Å². The summed E-state index contributed by atoms with van der Waals surface area (Å²) in [6.45, 7) is 0. The number of alkyl halides is 3. The highest BCUT2D eigenvalue weighted by atomic mass is 19.4. The van der Waals surface area contributed by atoms with E-state index in [4.69, 9.17) is 11.5 Å². The lowest BCUT2D eigenvalue weighted by atomic mass is 10.1. The van der Waals surface area contributed by atoms with Crippen molar-refractivity contribution in [1.29, 1.82) is 0 Å². The Labute approximate surface area is 208 Å². The fourth-order valence-electron chi connectivity index (χ4n) is 3.94. The molecule has 7 nitrogen and oxygen atoms in total. The Bertz CT molecular complexity index is 1690. The smallest absolute Gasteiger partial charge is 0.383 e. The molecular formula is C24H14F7N7. The second kappa shape index (κ2) is 8.97. The summed E-state index contributed by atoms with van der Waals surface area (Å²) < 4.78 is 96.9. The minimum Gasteiger partial charge on any atom is -0.383 e. The zero-order valence-corrected chi connectivity index (χ0v) is 18.9. The number of hydrogen-bond donors (Lipinski definition) is 2. The van der Waals surface area contributed by atoms with Gasteiger partial charge in [-0.1, -0.05) is 0 Å². The van der Waals surface area contributed by atoms with Crippen LogP contribution < -0.4 is 11.5 Å². The summed E-state index contributed by atoms with van der Waals surface area (Å²) in [7, 11) is 0. The van der Waals surface area contributed by atoms with Crippen LogP contribution in [0.1, 0.15) is 16.8 Å². The molecule has 0 aliphatic heterocycles. The molecule has 5 aromatic rings. The highest BCUT2D eigenvalue weighted by Crippen LogP contribution is 2.35. The molecule has 4 N–H and O–H groups in total. The number of benzene rings is 2. The van der Waals surface area contributed by atoms with Crippen molar-refractivity contribution in [2.45, 2.75) is 12.6 Å². The third-order valence-corrected chi connectivity index (χ3v) is 5.70. The summed E-state index contributed by atoms with van der Waals surface area (Å²) >= 11 is 0. The molecule has 5 rings (SSSR count). The molecule has 0 aliphatic carbocycles. The zero-order chi connectivity index (χ0) is 27.4. The van der Waals surface area contributed by atoms with E-state index in [0.29, 0.717) is 12.3 Å². The van der Waals surface area contributed by atoms with Crippen molar-refractivity contribution >= 4 is 22.5 Å². The minimum atomic E-state index is -4.67. The van der Waals surface area contributed by atoms with Gasteiger partial charge >= 0.3 is 6.18 Å². The largest absolute Gasteiger partial charge is 0.417 e. The Balaban J connectivity index is 1.64. The van der Waals surface area contributed by atoms with Crippen molar-refractivity contribution in [2.24, 2.45) is 0 Å². The van der Waals surface area contributed by atoms with Crippen molar-refractivity contribution in [1.82, 2.24) is 24.7 Å². The first-order valence-corrected chi connectivity index (χ1v) is 10.7. The van der Waals surface area contributed by atoms with E-state index in [-0.39, 0.29) is 45.3 Å². The van der Waals surface area contributed by atoms with Gasteiger partial charge in [0.2, 0.25) is 0 Å². The number of aromatic nitrogens is 5. The van der Waals surface area contributed by atoms with Crippen LogP contribution in [0.5, 0.6) is 0 Å². The van der Waals surface area contributed by atoms with Gasteiger partial charge in [-0.25, -0.2) is 17.6 Å². The van der Waals surface area contributed by atoms with Crippen LogP contribution in [-0.2, 0) is 12.6 Å². The molecule has 0 fully saturated rings. The molecule has 0 saturated carbocycles. The normalized spacial score (nSPS) is 11.9. The fourth-order valence-corrected chi connectivity index (χ4v) is 3.94. The maximum absolute atomic E-state index is 14.3. The molecule has 0 atom stereocenters. The zero-order valence-electron chi connectivity index (χ0n) is 18.9. The van der Waals surface area contributed by atoms with Gasteiger partial charge in [0.05, 0.1) is 22.3 Å². The van der Waals surface area contributed by atoms with Crippen LogP contribution in [0.4, 0.5) is 42.4 Å². The van der Waals surface area contributed by atoms with Gasteiger partial charge in [0.15, 0.2) is 11.6 Å². The molecule has 0 aliphatic rings. The van der Waals surface area contributed by atoms with E-state index in [1.165, 1.54) is 6.07 Å². The Morgan fingerprint density at radius 2 is 1.53 bits per heavy atom. The highest BCUT2D eigenvalue weighted by Gasteiger charge is 2.31. The number of nitrogens with two attached hydrogens (primary N) is 2. The molecule has 0 spiro atoms. The molecule has 0 bridgehead atoms. The lowest BCUT2D eigenvalue weighted by Gasteiger charge is -2.12. The average Bonchev–Trinajstić information content (AvgIpc) is 3.21. The van der Waals surface area contributed by atoms with Gasteiger partial charge in [0.1, 0.15) is 23.3 Å². The van der Waals surface area contributed by atoms with E-state index >= 15 is 0 Å². The van der Waals surface area contributed by atoms with Crippen LogP contribution in [0.3, 0.4) is 0 Å². The number of nitrogen functional groups attached to an aromatic ring is 2. The standard InChI is InChI=1S/C24H14F7N7/c25-12-1-4-18-14(6-12)17(7-13-15(26)2-3-16(27)20(13)28)37-38(18)23-35-21(32)19(22(33)36-23)10-5-11(9-34-8-10)24(29,30)31/h1-6,8-9H,7H2,(H4,32,33,35,36). The molecule has 14 heteroatoms. The monoisotopic (exact) mass is 533 g/mol. The topological polar surface area (TPSA) is 109 Å². The lowest BCUT2D eigenvalue weighted by molar-refractivity contribution is -0.137. The predicted octanol–water partition coefficient (Wildman–Crippen LogP) is 5.21. The fraction of sp³-hybridized carbons (Fsp3) is 0.0833. The summed E-state index contributed by atoms with van der Waals surface area (Å²) in [5.41, 5.74) is 10.3. The van der Waals surface area contributed by atoms with Gasteiger partial charge in [-0.2, -0.15) is 32.9 Å². The van der Waals surface area contributed by atoms with Crippen molar-refractivity contribution in [3.63, 3.8) is 0 Å². The van der Waals surface area contributed by atoms with Crippen LogP contribution in [0.25, 0.3) is 28.0 Å². The second-order valence-corrected chi connectivity index (χ2v) is 8.15. The molecule has 3 aromatic heterocycles. The Hall–Kier alpha value is -4.75. The number of fused-ring (bicyclic) bond motifs is 1. The van der Waals surface area contributed by atoms with Crippen LogP contribution in [-0.4, -0.2) is 24.7 Å². The van der Waals surface area contributed by atoms with Gasteiger partial charge in [-0.05, 0) is 36.4 Å². The molecule has 0 unspecified atom stereocenters. The van der Waals surface area contributed by atoms with Crippen LogP contribution in [0.15, 0.2) is 48.8 Å². The van der Waals surface area contributed by atoms with Gasteiger partial charge in [0.25, 0.3) is 5.95 Å². The molecule has 0 radical (unpaired) electrons. The van der Waals surface area contributed by atoms with Crippen molar-refractivity contribution in [3.05, 3.63) is 88.9 Å². The average molecular weight is 533 g/mol. The maximum atomic E-state index is 14.3. The van der Waals surface area contributed by atoms with Crippen molar-refractivity contribution < 1.29 is 30.7 Å². The molecule has 38 heavy (non-hydrogen) atoms. The summed E-state index contributed by atoms with van der Waals surface area (Å²) in [5.74, 6) is -5.32. The van der Waals surface area contributed by atoms with Gasteiger partial charge in [-0.15, -0.1) is 0 Å². The van der Waals surface area contributed by atoms with Gasteiger partial charge < -0.3 is 11.5 Å². The number of pyridine rings is 1. The first-order chi connectivity index (χ1) is 17.9. The summed E-state index contributed by atoms with van der Waals surface area (Å²) in [5, 5.41) is 4.35. The summed E-state index contributed by atoms with van der Waals surface area (Å²) in [6, 6.07) is 5.59. The highest BCUT2D eigenvalue weighted by molar-refractivity contribution is 5.85. The van der Waals surface area contributed by atoms with Crippen molar-refractivity contribution in [3.8, 4) is 17.1 Å². The third kappa shape index (κ3) is 4.33. The first kappa shape index (κ1) is 24.9. The number of anilines is 2. The van der Waals surface area contributed by atoms with Crippen molar-refractivity contribution in [2.75, 3.05) is 11.5 Å². The maximum Gasteiger partial charge on any atom is 0.417 e. The van der Waals surface area contributed by atoms with Gasteiger partial charge in [-0.3, -0.25) is 4.98 Å². The minimum absolute atomic E-state index is 0.0465. The summed E-state index contributed by atoms with van der Waals surface area (Å²) in [4.78, 5) is 11.8. The molecular weight excluding hydrogens is 519 g/mol. The first-order valence-electron chi connectivity index (χ1n) is 10.7. The van der Waals surface area contributed by atoms with Crippen LogP contribution in [0.2, 0.25) is 0 Å². The summed E-state index contributed by atoms with van der Waals surface area (Å²) in [6.07, 6.45) is -3.49. The number of halogens is 7. The van der Waals surface area contributed by atoms with Crippen LogP contribution in [0, 0.1) is 23.3 Å². The van der Waals surface area contributed by atoms with Crippen LogP contribution >= 0.6 is 0 Å². The Morgan fingerprint density at radius 3 is 2.21 bits per heavy atom. The van der Waals surface area contributed by atoms with E-state index < -0.39 is 47.0 Å². The lowest BCUT2D eigenvalue weighted by Crippen LogP contribution is -2.11. The Morgan fingerprint density at radius 1 is 0.842 bits per heavy atom. The van der Waals surface area contributed by atoms with E-state index in [1.54, 1.807) is 0 Å². The molecule has 0 saturated heterocycles. The molecule has 194 valence electrons. The number of nitrogens with zero attached hydrogens (tertiary/aromatic N) is 5. The van der Waals surface area contributed by atoms with E-state index in [1.807, 2.05) is 0 Å². The molecule has 0 amide bonds. The molecule has 3 heterocycles. The number of rotatable bonds is 4.